The third kappa shape index (κ3) is 1.62. The molecule has 1 heterocycles. The highest BCUT2D eigenvalue weighted by Crippen LogP contribution is 2.36. The zero-order valence-corrected chi connectivity index (χ0v) is 8.67. The molecular formula is C11H11ClO2. The summed E-state index contributed by atoms with van der Waals surface area (Å²) < 4.78 is 5.55. The average Bonchev–Trinajstić information content (AvgIpc) is 2.47. The molecule has 14 heavy (non-hydrogen) atoms. The van der Waals surface area contributed by atoms with Crippen LogP contribution in [-0.4, -0.2) is 12.4 Å². The second kappa shape index (κ2) is 3.62. The summed E-state index contributed by atoms with van der Waals surface area (Å²) in [7, 11) is 0. The van der Waals surface area contributed by atoms with Crippen molar-refractivity contribution in [3.8, 4) is 5.75 Å². The van der Waals surface area contributed by atoms with Gasteiger partial charge in [-0.25, -0.2) is 0 Å². The Balaban J connectivity index is 2.40. The van der Waals surface area contributed by atoms with Crippen LogP contribution in [0.15, 0.2) is 12.1 Å². The van der Waals surface area contributed by atoms with E-state index in [0.29, 0.717) is 11.4 Å². The number of carbonyl (C=O) groups is 1. The molecular weight excluding hydrogens is 200 g/mol. The SMILES string of the molecule is CC1Cc2cc(CC=O)cc(Cl)c2O1. The van der Waals surface area contributed by atoms with Crippen molar-refractivity contribution in [2.24, 2.45) is 0 Å². The summed E-state index contributed by atoms with van der Waals surface area (Å²) in [6, 6.07) is 3.80. The van der Waals surface area contributed by atoms with E-state index < -0.39 is 0 Å². The van der Waals surface area contributed by atoms with Crippen LogP contribution in [-0.2, 0) is 17.6 Å². The fourth-order valence-corrected chi connectivity index (χ4v) is 2.07. The predicted molar refractivity (Wildman–Crippen MR) is 55.0 cm³/mol. The zero-order valence-electron chi connectivity index (χ0n) is 7.92. The third-order valence-corrected chi connectivity index (χ3v) is 2.61. The second-order valence-corrected chi connectivity index (χ2v) is 3.98. The number of rotatable bonds is 2. The number of benzene rings is 1. The van der Waals surface area contributed by atoms with E-state index in [1.54, 1.807) is 6.07 Å². The molecule has 0 aromatic heterocycles. The summed E-state index contributed by atoms with van der Waals surface area (Å²) in [6.07, 6.45) is 2.37. The molecule has 0 aliphatic carbocycles. The van der Waals surface area contributed by atoms with Gasteiger partial charge in [-0.15, -0.1) is 0 Å². The molecule has 0 N–H and O–H groups in total. The van der Waals surface area contributed by atoms with E-state index >= 15 is 0 Å². The van der Waals surface area contributed by atoms with Crippen molar-refractivity contribution in [2.45, 2.75) is 25.9 Å². The van der Waals surface area contributed by atoms with E-state index in [1.165, 1.54) is 0 Å². The minimum atomic E-state index is 0.189. The van der Waals surface area contributed by atoms with Crippen molar-refractivity contribution in [3.05, 3.63) is 28.3 Å². The Bertz CT molecular complexity index is 374. The van der Waals surface area contributed by atoms with E-state index in [2.05, 4.69) is 0 Å². The van der Waals surface area contributed by atoms with Crippen LogP contribution >= 0.6 is 11.6 Å². The Labute approximate surface area is 87.8 Å². The van der Waals surface area contributed by atoms with Gasteiger partial charge in [-0.05, 0) is 24.1 Å². The van der Waals surface area contributed by atoms with Crippen molar-refractivity contribution in [2.75, 3.05) is 0 Å². The Morgan fingerprint density at radius 1 is 1.64 bits per heavy atom. The number of ether oxygens (including phenoxy) is 1. The fraction of sp³-hybridized carbons (Fsp3) is 0.364. The Kier molecular flexibility index (Phi) is 2.46. The van der Waals surface area contributed by atoms with Gasteiger partial charge in [-0.3, -0.25) is 0 Å². The van der Waals surface area contributed by atoms with Crippen LogP contribution < -0.4 is 4.74 Å². The van der Waals surface area contributed by atoms with Crippen LogP contribution in [0, 0.1) is 0 Å². The molecule has 1 atom stereocenters. The number of aldehydes is 1. The van der Waals surface area contributed by atoms with Gasteiger partial charge in [0.15, 0.2) is 0 Å². The van der Waals surface area contributed by atoms with Crippen molar-refractivity contribution in [1.29, 1.82) is 0 Å². The number of fused-ring (bicyclic) bond motifs is 1. The topological polar surface area (TPSA) is 26.3 Å². The summed E-state index contributed by atoms with van der Waals surface area (Å²) in [6.45, 7) is 2.01. The predicted octanol–water partition coefficient (Wildman–Crippen LogP) is 2.40. The maximum Gasteiger partial charge on any atom is 0.141 e. The monoisotopic (exact) mass is 210 g/mol. The molecule has 0 bridgehead atoms. The minimum absolute atomic E-state index is 0.189. The van der Waals surface area contributed by atoms with Crippen LogP contribution in [0.1, 0.15) is 18.1 Å². The molecule has 0 spiro atoms. The number of halogens is 1. The van der Waals surface area contributed by atoms with Crippen LogP contribution in [0.3, 0.4) is 0 Å². The van der Waals surface area contributed by atoms with E-state index in [1.807, 2.05) is 13.0 Å². The summed E-state index contributed by atoms with van der Waals surface area (Å²) >= 11 is 6.03. The summed E-state index contributed by atoms with van der Waals surface area (Å²) in [5.41, 5.74) is 2.07. The lowest BCUT2D eigenvalue weighted by Crippen LogP contribution is -2.05. The highest BCUT2D eigenvalue weighted by Gasteiger charge is 2.22. The lowest BCUT2D eigenvalue weighted by molar-refractivity contribution is -0.107. The van der Waals surface area contributed by atoms with E-state index in [-0.39, 0.29) is 6.10 Å². The quantitative estimate of drug-likeness (QED) is 0.701. The largest absolute Gasteiger partial charge is 0.489 e. The molecule has 3 heteroatoms. The van der Waals surface area contributed by atoms with Gasteiger partial charge in [0.05, 0.1) is 5.02 Å². The van der Waals surface area contributed by atoms with Crippen molar-refractivity contribution in [3.63, 3.8) is 0 Å². The first kappa shape index (κ1) is 9.53. The fourth-order valence-electron chi connectivity index (χ4n) is 1.76. The lowest BCUT2D eigenvalue weighted by Gasteiger charge is -2.05. The van der Waals surface area contributed by atoms with Gasteiger partial charge in [0.25, 0.3) is 0 Å². The van der Waals surface area contributed by atoms with Crippen LogP contribution in [0.25, 0.3) is 0 Å². The molecule has 1 aromatic rings. The molecule has 2 rings (SSSR count). The molecule has 0 saturated heterocycles. The first-order chi connectivity index (χ1) is 6.70. The molecule has 0 amide bonds. The molecule has 1 unspecified atom stereocenters. The van der Waals surface area contributed by atoms with Gasteiger partial charge >= 0.3 is 0 Å². The first-order valence-electron chi connectivity index (χ1n) is 4.62. The molecule has 0 radical (unpaired) electrons. The van der Waals surface area contributed by atoms with Crippen LogP contribution in [0.5, 0.6) is 5.75 Å². The van der Waals surface area contributed by atoms with Gasteiger partial charge in [0.2, 0.25) is 0 Å². The smallest absolute Gasteiger partial charge is 0.141 e. The number of carbonyl (C=O) groups excluding carboxylic acids is 1. The maximum absolute atomic E-state index is 10.4. The Hall–Kier alpha value is -1.02. The highest BCUT2D eigenvalue weighted by atomic mass is 35.5. The summed E-state index contributed by atoms with van der Waals surface area (Å²) in [4.78, 5) is 10.4. The minimum Gasteiger partial charge on any atom is -0.489 e. The standard InChI is InChI=1S/C11H11ClO2/c1-7-4-9-5-8(2-3-13)6-10(12)11(9)14-7/h3,5-7H,2,4H2,1H3. The van der Waals surface area contributed by atoms with Gasteiger partial charge < -0.3 is 9.53 Å². The number of hydrogen-bond acceptors (Lipinski definition) is 2. The van der Waals surface area contributed by atoms with Crippen LogP contribution in [0.4, 0.5) is 0 Å². The first-order valence-corrected chi connectivity index (χ1v) is 5.00. The van der Waals surface area contributed by atoms with Crippen molar-refractivity contribution < 1.29 is 9.53 Å². The van der Waals surface area contributed by atoms with Crippen molar-refractivity contribution >= 4 is 17.9 Å². The highest BCUT2D eigenvalue weighted by molar-refractivity contribution is 6.32. The van der Waals surface area contributed by atoms with Gasteiger partial charge in [0.1, 0.15) is 18.1 Å². The number of hydrogen-bond donors (Lipinski definition) is 0. The maximum atomic E-state index is 10.4. The summed E-state index contributed by atoms with van der Waals surface area (Å²) in [5.74, 6) is 0.786. The second-order valence-electron chi connectivity index (χ2n) is 3.57. The Morgan fingerprint density at radius 3 is 3.14 bits per heavy atom. The van der Waals surface area contributed by atoms with Gasteiger partial charge in [-0.2, -0.15) is 0 Å². The lowest BCUT2D eigenvalue weighted by atomic mass is 10.1. The molecule has 0 saturated carbocycles. The molecule has 1 aliphatic rings. The van der Waals surface area contributed by atoms with E-state index in [4.69, 9.17) is 16.3 Å². The molecule has 2 nitrogen and oxygen atoms in total. The van der Waals surface area contributed by atoms with Crippen molar-refractivity contribution in [1.82, 2.24) is 0 Å². The molecule has 1 aromatic carbocycles. The molecule has 74 valence electrons. The van der Waals surface area contributed by atoms with Gasteiger partial charge in [-0.1, -0.05) is 17.7 Å². The normalized spacial score (nSPS) is 18.9. The van der Waals surface area contributed by atoms with Gasteiger partial charge in [0, 0.05) is 12.8 Å². The zero-order chi connectivity index (χ0) is 10.1. The third-order valence-electron chi connectivity index (χ3n) is 2.33. The Morgan fingerprint density at radius 2 is 2.43 bits per heavy atom. The van der Waals surface area contributed by atoms with E-state index in [0.717, 1.165) is 29.6 Å². The summed E-state index contributed by atoms with van der Waals surface area (Å²) in [5, 5.41) is 0.615. The average molecular weight is 211 g/mol. The van der Waals surface area contributed by atoms with Crippen LogP contribution in [0.2, 0.25) is 5.02 Å². The molecule has 1 aliphatic heterocycles. The molecule has 0 fully saturated rings. The van der Waals surface area contributed by atoms with E-state index in [9.17, 15) is 4.79 Å².